The second-order valence-electron chi connectivity index (χ2n) is 33.1. The fourth-order valence-electron chi connectivity index (χ4n) is 18.3. The number of fused-ring (bicyclic) bond motifs is 3. The van der Waals surface area contributed by atoms with Crippen LogP contribution in [0.25, 0.3) is 0 Å². The quantitative estimate of drug-likeness (QED) is 0.160. The molecule has 106 heavy (non-hydrogen) atoms. The molecule has 14 atom stereocenters. The van der Waals surface area contributed by atoms with Gasteiger partial charge in [-0.25, -0.2) is 13.2 Å². The molecule has 3 N–H and O–H groups in total. The highest BCUT2D eigenvalue weighted by Gasteiger charge is 2.54. The van der Waals surface area contributed by atoms with Crippen LogP contribution in [-0.4, -0.2) is 277 Å². The molecule has 5 aliphatic carbocycles. The minimum Gasteiger partial charge on any atom is -0.377 e. The molecule has 8 rings (SSSR count). The summed E-state index contributed by atoms with van der Waals surface area (Å²) in [7, 11) is 11.7. The van der Waals surface area contributed by atoms with E-state index in [9.17, 15) is 28.0 Å². The van der Waals surface area contributed by atoms with E-state index < -0.39 is 193 Å². The first-order valence-corrected chi connectivity index (χ1v) is 39.7. The van der Waals surface area contributed by atoms with Gasteiger partial charge in [-0.2, -0.15) is 0 Å². The van der Waals surface area contributed by atoms with E-state index in [0.717, 1.165) is 64.2 Å². The van der Waals surface area contributed by atoms with Crippen LogP contribution >= 0.6 is 0 Å². The lowest BCUT2D eigenvalue weighted by molar-refractivity contribution is -0.158. The Morgan fingerprint density at radius 3 is 1.88 bits per heavy atom. The van der Waals surface area contributed by atoms with E-state index in [-0.39, 0.29) is 95.7 Å². The summed E-state index contributed by atoms with van der Waals surface area (Å²) in [6.07, 6.45) is 9.08. The standard InChI is InChI=1S/C78H125F3N12O13/c1-14-48(4)66-75(103)87(9)46-64(96)88(10)57-28-17-16-22-37-92(74(57)102)61(41-51-31-29-47(3)30-32-51)73(101)86(8)45-62(94)82-56(34-33-52-38-49(5)65(68(80)81)55(79)39-52)71(99)93-44-54(106-15-2)42-59(93)70(98)84-78(35-23-36-78)77(105)91(13)67(53-26-20-21-27-53)76(104)90(12)60(72(100)85(6)7)43-63(95)89(11)58(69(97)83-66)40-50-24-18-19-25-50/h16-17,47-61,65-68H,14-15,18-46H2,1-13H3,(H,82,94)(H,83,97)(H,84,98)/b17-16-/t47?,48-,49?,51?,52?,54+,55?,56-,57-,58-,59-,60-,61-,65?,66-,67-/m0/s1. The largest absolute Gasteiger partial charge is 0.377 e. The zero-order valence-corrected chi connectivity index (χ0v) is 65.5. The molecule has 5 saturated carbocycles. The van der Waals surface area contributed by atoms with Crippen molar-refractivity contribution in [3.8, 4) is 0 Å². The number of alkyl halides is 3. The summed E-state index contributed by atoms with van der Waals surface area (Å²) in [6.45, 7) is 8.16. The average Bonchev–Trinajstić information content (AvgIpc) is 1.05. The third-order valence-electron chi connectivity index (χ3n) is 25.4. The van der Waals surface area contributed by atoms with Crippen LogP contribution < -0.4 is 16.0 Å². The summed E-state index contributed by atoms with van der Waals surface area (Å²) in [5.41, 5.74) is -1.58. The highest BCUT2D eigenvalue weighted by atomic mass is 19.3. The molecule has 0 aromatic rings. The maximum Gasteiger partial charge on any atom is 0.248 e. The summed E-state index contributed by atoms with van der Waals surface area (Å²) in [6, 6.07) is -9.95. The van der Waals surface area contributed by atoms with Gasteiger partial charge in [0, 0.05) is 82.5 Å². The highest BCUT2D eigenvalue weighted by molar-refractivity contribution is 6.01. The number of nitrogens with zero attached hydrogens (tertiary/aromatic N) is 9. The van der Waals surface area contributed by atoms with Gasteiger partial charge in [-0.05, 0) is 132 Å². The highest BCUT2D eigenvalue weighted by Crippen LogP contribution is 2.43. The summed E-state index contributed by atoms with van der Waals surface area (Å²) < 4.78 is 50.2. The van der Waals surface area contributed by atoms with Crippen LogP contribution in [0.1, 0.15) is 202 Å². The van der Waals surface area contributed by atoms with Gasteiger partial charge in [0.25, 0.3) is 0 Å². The number of ether oxygens (including phenoxy) is 1. The van der Waals surface area contributed by atoms with Crippen LogP contribution in [0.3, 0.4) is 0 Å². The molecule has 3 heterocycles. The maximum atomic E-state index is 15.7. The number of amides is 12. The number of likely N-dealkylation sites (N-methyl/N-ethyl adjacent to an activating group) is 7. The molecule has 12 amide bonds. The molecule has 1 spiro atoms. The minimum atomic E-state index is -2.89. The number of nitrogens with one attached hydrogen (secondary N) is 3. The van der Waals surface area contributed by atoms with Crippen LogP contribution in [0.4, 0.5) is 13.2 Å². The number of hydrogen-bond acceptors (Lipinski definition) is 13. The van der Waals surface area contributed by atoms with E-state index >= 15 is 42.7 Å². The molecule has 0 aromatic carbocycles. The van der Waals surface area contributed by atoms with Crippen molar-refractivity contribution < 1.29 is 75.4 Å². The van der Waals surface area contributed by atoms with E-state index in [0.29, 0.717) is 38.0 Å². The Morgan fingerprint density at radius 1 is 0.642 bits per heavy atom. The average molecular weight is 1500 g/mol. The van der Waals surface area contributed by atoms with Gasteiger partial charge in [-0.15, -0.1) is 0 Å². The van der Waals surface area contributed by atoms with Crippen LogP contribution in [0.5, 0.6) is 0 Å². The molecule has 2 saturated heterocycles. The Hall–Kier alpha value is -6.87. The zero-order chi connectivity index (χ0) is 77.8. The van der Waals surface area contributed by atoms with E-state index in [4.69, 9.17) is 4.74 Å². The van der Waals surface area contributed by atoms with Crippen molar-refractivity contribution in [2.24, 2.45) is 47.3 Å². The molecular formula is C78H125F3N12O13. The monoisotopic (exact) mass is 1490 g/mol. The fourth-order valence-corrected chi connectivity index (χ4v) is 18.3. The first-order chi connectivity index (χ1) is 50.2. The predicted molar refractivity (Wildman–Crippen MR) is 392 cm³/mol. The predicted octanol–water partition coefficient (Wildman–Crippen LogP) is 6.34. The van der Waals surface area contributed by atoms with Crippen molar-refractivity contribution in [2.75, 3.05) is 89.2 Å². The molecule has 0 radical (unpaired) electrons. The van der Waals surface area contributed by atoms with Crippen molar-refractivity contribution >= 4 is 70.9 Å². The van der Waals surface area contributed by atoms with Gasteiger partial charge in [-0.1, -0.05) is 110 Å². The van der Waals surface area contributed by atoms with Crippen molar-refractivity contribution in [2.45, 2.75) is 274 Å². The topological polar surface area (TPSA) is 279 Å². The lowest BCUT2D eigenvalue weighted by Crippen LogP contribution is -2.68. The van der Waals surface area contributed by atoms with Gasteiger partial charge in [0.2, 0.25) is 77.3 Å². The second kappa shape index (κ2) is 38.0. The molecule has 7 fully saturated rings. The van der Waals surface area contributed by atoms with Crippen LogP contribution in [0, 0.1) is 47.3 Å². The Bertz CT molecular complexity index is 3130. The third kappa shape index (κ3) is 20.3. The summed E-state index contributed by atoms with van der Waals surface area (Å²) in [4.78, 5) is 194. The number of carbonyl (C=O) groups excluding carboxylic acids is 12. The molecule has 596 valence electrons. The summed E-state index contributed by atoms with van der Waals surface area (Å²) in [5.74, 6) is -10.7. The van der Waals surface area contributed by atoms with E-state index in [1.54, 1.807) is 26.8 Å². The molecule has 3 aliphatic heterocycles. The first kappa shape index (κ1) is 84.7. The molecular weight excluding hydrogens is 1370 g/mol. The van der Waals surface area contributed by atoms with Crippen LogP contribution in [0.2, 0.25) is 0 Å². The molecule has 4 unspecified atom stereocenters. The van der Waals surface area contributed by atoms with Gasteiger partial charge in [0.15, 0.2) is 0 Å². The Labute approximate surface area is 626 Å². The van der Waals surface area contributed by atoms with Gasteiger partial charge in [-0.3, -0.25) is 57.5 Å². The molecule has 25 nitrogen and oxygen atoms in total. The lowest BCUT2D eigenvalue weighted by Gasteiger charge is -2.46. The van der Waals surface area contributed by atoms with E-state index in [1.165, 1.54) is 100 Å². The molecule has 8 aliphatic rings. The van der Waals surface area contributed by atoms with Gasteiger partial charge < -0.3 is 64.8 Å². The maximum absolute atomic E-state index is 15.7. The Morgan fingerprint density at radius 2 is 1.27 bits per heavy atom. The van der Waals surface area contributed by atoms with Crippen LogP contribution in [-0.2, 0) is 62.3 Å². The second-order valence-corrected chi connectivity index (χ2v) is 33.1. The molecule has 2 bridgehead atoms. The van der Waals surface area contributed by atoms with Crippen LogP contribution in [0.15, 0.2) is 12.2 Å². The number of halogens is 3. The summed E-state index contributed by atoms with van der Waals surface area (Å²) >= 11 is 0. The third-order valence-corrected chi connectivity index (χ3v) is 25.4. The number of rotatable bonds is 14. The smallest absolute Gasteiger partial charge is 0.248 e. The number of carbonyl (C=O) groups is 12. The summed E-state index contributed by atoms with van der Waals surface area (Å²) in [5, 5.41) is 8.91. The van der Waals surface area contributed by atoms with Crippen molar-refractivity contribution in [1.29, 1.82) is 0 Å². The lowest BCUT2D eigenvalue weighted by atomic mass is 9.72. The number of hydrogen-bond donors (Lipinski definition) is 3. The zero-order valence-electron chi connectivity index (χ0n) is 65.5. The van der Waals surface area contributed by atoms with Gasteiger partial charge in [0.1, 0.15) is 60.0 Å². The van der Waals surface area contributed by atoms with Crippen molar-refractivity contribution in [1.82, 2.24) is 60.0 Å². The fraction of sp³-hybridized carbons (Fsp3) is 0.821. The molecule has 28 heteroatoms. The van der Waals surface area contributed by atoms with Gasteiger partial charge in [0.05, 0.1) is 31.5 Å². The van der Waals surface area contributed by atoms with Gasteiger partial charge >= 0.3 is 0 Å². The molecule has 0 aromatic heterocycles. The SMILES string of the molecule is CCO[C@@H]1C[C@H]2C(=O)NC3(CCC3)C(=O)N(C)[C@@H](C3CCCC3)C(=O)N(C)[C@H](C(=O)N(C)C)CC(=O)N(C)[C@@H](CC3CCCC3)C(=O)N[C@@H]([C@@H](C)CC)C(=O)N(C)CC(=O)N(C)[C@H]3C/C=C\CCN(C3=O)[C@@H](CC3CCC(C)CC3)C(=O)N(C)CC(=O)N[C@@H](CCC3CC(C)C(C(F)F)C(F)C3)C(=O)N2C1. The minimum absolute atomic E-state index is 0.00202. The normalized spacial score (nSPS) is 33.0. The first-order valence-electron chi connectivity index (χ1n) is 39.7. The Kier molecular flexibility index (Phi) is 30.4. The van der Waals surface area contributed by atoms with Crippen molar-refractivity contribution in [3.05, 3.63) is 12.2 Å². The van der Waals surface area contributed by atoms with Crippen molar-refractivity contribution in [3.63, 3.8) is 0 Å². The van der Waals surface area contributed by atoms with E-state index in [2.05, 4.69) is 22.9 Å². The Balaban J connectivity index is 1.20. The van der Waals surface area contributed by atoms with E-state index in [1.807, 2.05) is 13.0 Å².